The molecule has 0 bridgehead atoms. The fourth-order valence-corrected chi connectivity index (χ4v) is 6.39. The Morgan fingerprint density at radius 1 is 0.600 bits per heavy atom. The van der Waals surface area contributed by atoms with E-state index in [-0.39, 0.29) is 0 Å². The average molecular weight is 376 g/mol. The predicted molar refractivity (Wildman–Crippen MR) is 107 cm³/mol. The second-order valence-electron chi connectivity index (χ2n) is 5.74. The molecule has 0 saturated carbocycles. The largest absolute Gasteiger partial charge is 0.466 e. The minimum Gasteiger partial charge on any atom is -0.303 e. The van der Waals surface area contributed by atoms with E-state index in [9.17, 15) is 0 Å². The van der Waals surface area contributed by atoms with Crippen molar-refractivity contribution in [2.24, 2.45) is 0 Å². The molecule has 3 aromatic carbocycles. The van der Waals surface area contributed by atoms with E-state index in [0.29, 0.717) is 0 Å². The average Bonchev–Trinajstić information content (AvgIpc) is 2.62. The maximum atomic E-state index is 8.88. The minimum atomic E-state index is -4.64. The number of rotatable bonds is 3. The van der Waals surface area contributed by atoms with Gasteiger partial charge in [-0.2, -0.15) is 0 Å². The van der Waals surface area contributed by atoms with Gasteiger partial charge in [-0.3, -0.25) is 0 Å². The molecule has 0 radical (unpaired) electrons. The fraction of sp³-hybridized carbons (Fsp3) is 0.0526. The summed E-state index contributed by atoms with van der Waals surface area (Å²) in [5, 5.41) is 4.37. The van der Waals surface area contributed by atoms with Crippen molar-refractivity contribution in [1.29, 1.82) is 0 Å². The molecule has 0 spiro atoms. The standard InChI is InChI=1S/C19H19P.H3O4P/c1-20(17-11-5-2-6-12-17,18-13-7-3-8-14-18)19-15-9-4-10-16-19;1-5(2,3)4/h2-16,20H,1H3;(H3,1,2,3,4). The molecule has 0 atom stereocenters. The van der Waals surface area contributed by atoms with Crippen molar-refractivity contribution in [3.8, 4) is 0 Å². The smallest absolute Gasteiger partial charge is 0.303 e. The predicted octanol–water partition coefficient (Wildman–Crippen LogP) is 2.41. The van der Waals surface area contributed by atoms with Gasteiger partial charge >= 0.3 is 129 Å². The molecule has 3 aromatic rings. The van der Waals surface area contributed by atoms with Crippen LogP contribution in [0.3, 0.4) is 0 Å². The van der Waals surface area contributed by atoms with Crippen molar-refractivity contribution in [2.75, 3.05) is 6.66 Å². The topological polar surface area (TPSA) is 77.8 Å². The SMILES string of the molecule is C[PH](c1ccccc1)(c1ccccc1)c1ccccc1.O=P(O)(O)O. The molecule has 0 amide bonds. The van der Waals surface area contributed by atoms with Gasteiger partial charge in [-0.05, 0) is 0 Å². The summed E-state index contributed by atoms with van der Waals surface area (Å²) >= 11 is 0. The Hall–Kier alpha value is -1.80. The van der Waals surface area contributed by atoms with E-state index in [2.05, 4.69) is 97.7 Å². The van der Waals surface area contributed by atoms with Crippen LogP contribution in [0.2, 0.25) is 0 Å². The molecule has 4 nitrogen and oxygen atoms in total. The van der Waals surface area contributed by atoms with E-state index in [1.54, 1.807) is 0 Å². The van der Waals surface area contributed by atoms with Gasteiger partial charge in [-0.1, -0.05) is 0 Å². The van der Waals surface area contributed by atoms with E-state index in [1.165, 1.54) is 15.9 Å². The zero-order chi connectivity index (χ0) is 18.3. The van der Waals surface area contributed by atoms with Crippen LogP contribution >= 0.6 is 15.1 Å². The van der Waals surface area contributed by atoms with Gasteiger partial charge in [0.15, 0.2) is 0 Å². The van der Waals surface area contributed by atoms with E-state index in [0.717, 1.165) is 0 Å². The van der Waals surface area contributed by atoms with Crippen molar-refractivity contribution in [2.45, 2.75) is 0 Å². The first kappa shape index (κ1) is 19.5. The van der Waals surface area contributed by atoms with Crippen molar-refractivity contribution in [3.05, 3.63) is 91.0 Å². The van der Waals surface area contributed by atoms with E-state index in [4.69, 9.17) is 19.2 Å². The van der Waals surface area contributed by atoms with Gasteiger partial charge < -0.3 is 14.7 Å². The number of hydrogen-bond donors (Lipinski definition) is 3. The molecule has 6 heteroatoms. The monoisotopic (exact) mass is 376 g/mol. The summed E-state index contributed by atoms with van der Waals surface area (Å²) in [5.74, 6) is 0. The van der Waals surface area contributed by atoms with Gasteiger partial charge in [0.1, 0.15) is 0 Å². The van der Waals surface area contributed by atoms with Crippen LogP contribution < -0.4 is 15.9 Å². The fourth-order valence-electron chi connectivity index (χ4n) is 2.81. The quantitative estimate of drug-likeness (QED) is 0.614. The van der Waals surface area contributed by atoms with Crippen LogP contribution in [0.15, 0.2) is 91.0 Å². The molecule has 3 N–H and O–H groups in total. The summed E-state index contributed by atoms with van der Waals surface area (Å²) < 4.78 is 8.88. The molecule has 0 aliphatic heterocycles. The molecule has 0 saturated heterocycles. The van der Waals surface area contributed by atoms with Gasteiger partial charge in [-0.25, -0.2) is 4.57 Å². The second kappa shape index (κ2) is 8.53. The Morgan fingerprint density at radius 3 is 1.00 bits per heavy atom. The zero-order valence-electron chi connectivity index (χ0n) is 13.9. The molecule has 0 unspecified atom stereocenters. The normalized spacial score (nSPS) is 12.0. The summed E-state index contributed by atoms with van der Waals surface area (Å²) in [4.78, 5) is 21.6. The van der Waals surface area contributed by atoms with Crippen LogP contribution in [0.25, 0.3) is 0 Å². The number of hydrogen-bond acceptors (Lipinski definition) is 1. The molecule has 132 valence electrons. The zero-order valence-corrected chi connectivity index (χ0v) is 15.8. The Kier molecular flexibility index (Phi) is 6.66. The number of phosphoric acid groups is 1. The molecular formula is C19H22O4P2. The van der Waals surface area contributed by atoms with E-state index in [1.807, 2.05) is 0 Å². The third-order valence-electron chi connectivity index (χ3n) is 4.05. The number of benzene rings is 3. The first-order valence-electron chi connectivity index (χ1n) is 7.76. The van der Waals surface area contributed by atoms with Crippen LogP contribution in [0.5, 0.6) is 0 Å². The van der Waals surface area contributed by atoms with Gasteiger partial charge in [0.05, 0.1) is 0 Å². The van der Waals surface area contributed by atoms with E-state index < -0.39 is 15.1 Å². The van der Waals surface area contributed by atoms with Crippen LogP contribution in [-0.4, -0.2) is 21.3 Å². The van der Waals surface area contributed by atoms with Crippen molar-refractivity contribution < 1.29 is 19.2 Å². The maximum Gasteiger partial charge on any atom is 0.466 e. The Labute approximate surface area is 148 Å². The summed E-state index contributed by atoms with van der Waals surface area (Å²) in [7, 11) is -6.52. The third kappa shape index (κ3) is 5.61. The Balaban J connectivity index is 0.000000399. The Bertz CT molecular complexity index is 713. The summed E-state index contributed by atoms with van der Waals surface area (Å²) in [6.45, 7) is 2.44. The van der Waals surface area contributed by atoms with Crippen molar-refractivity contribution in [1.82, 2.24) is 0 Å². The summed E-state index contributed by atoms with van der Waals surface area (Å²) in [5.41, 5.74) is 0. The molecule has 0 aromatic heterocycles. The van der Waals surface area contributed by atoms with Crippen LogP contribution in [0.1, 0.15) is 0 Å². The maximum absolute atomic E-state index is 8.88. The molecule has 25 heavy (non-hydrogen) atoms. The van der Waals surface area contributed by atoms with Crippen molar-refractivity contribution >= 4 is 31.0 Å². The van der Waals surface area contributed by atoms with Crippen LogP contribution in [-0.2, 0) is 4.57 Å². The molecule has 3 rings (SSSR count). The Morgan fingerprint density at radius 2 is 0.800 bits per heavy atom. The van der Waals surface area contributed by atoms with Crippen molar-refractivity contribution in [3.63, 3.8) is 0 Å². The second-order valence-corrected chi connectivity index (χ2v) is 10.7. The first-order chi connectivity index (χ1) is 11.8. The summed E-state index contributed by atoms with van der Waals surface area (Å²) in [6, 6.07) is 32.8. The molecule has 0 aliphatic rings. The minimum absolute atomic E-state index is 1.46. The van der Waals surface area contributed by atoms with Crippen LogP contribution in [0, 0.1) is 0 Å². The molecular weight excluding hydrogens is 354 g/mol. The van der Waals surface area contributed by atoms with E-state index >= 15 is 0 Å². The van der Waals surface area contributed by atoms with Gasteiger partial charge in [-0.15, -0.1) is 0 Å². The third-order valence-corrected chi connectivity index (χ3v) is 8.52. The summed E-state index contributed by atoms with van der Waals surface area (Å²) in [6.07, 6.45) is 0. The van der Waals surface area contributed by atoms with Gasteiger partial charge in [0.2, 0.25) is 0 Å². The molecule has 0 aliphatic carbocycles. The molecule has 0 fully saturated rings. The van der Waals surface area contributed by atoms with Crippen LogP contribution in [0.4, 0.5) is 0 Å². The van der Waals surface area contributed by atoms with Gasteiger partial charge in [0.25, 0.3) is 0 Å². The first-order valence-corrected chi connectivity index (χ1v) is 11.8. The van der Waals surface area contributed by atoms with Gasteiger partial charge in [0, 0.05) is 0 Å². The molecule has 0 heterocycles.